The Hall–Kier alpha value is -2.57. The molecule has 0 saturated carbocycles. The fraction of sp³-hybridized carbons (Fsp3) is 0.526. The number of rotatable bonds is 9. The van der Waals surface area contributed by atoms with Crippen molar-refractivity contribution in [2.45, 2.75) is 47.2 Å². The van der Waals surface area contributed by atoms with Gasteiger partial charge < -0.3 is 19.9 Å². The predicted octanol–water partition coefficient (Wildman–Crippen LogP) is 2.30. The second kappa shape index (κ2) is 10.4. The third kappa shape index (κ3) is 5.75. The van der Waals surface area contributed by atoms with Gasteiger partial charge in [-0.1, -0.05) is 19.1 Å². The number of ether oxygens (including phenoxy) is 1. The third-order valence-electron chi connectivity index (χ3n) is 3.96. The average molecular weight is 358 g/mol. The molecule has 0 bridgehead atoms. The van der Waals surface area contributed by atoms with Crippen LogP contribution in [0.2, 0.25) is 0 Å². The summed E-state index contributed by atoms with van der Waals surface area (Å²) in [5.41, 5.74) is 2.30. The van der Waals surface area contributed by atoms with Crippen LogP contribution in [0.1, 0.15) is 37.7 Å². The lowest BCUT2D eigenvalue weighted by molar-refractivity contribution is 0.338. The molecule has 7 nitrogen and oxygen atoms in total. The van der Waals surface area contributed by atoms with Crippen molar-refractivity contribution in [3.05, 3.63) is 41.5 Å². The van der Waals surface area contributed by atoms with E-state index in [1.807, 2.05) is 13.0 Å². The molecule has 0 saturated heterocycles. The molecule has 0 fully saturated rings. The molecule has 0 spiro atoms. The fourth-order valence-electron chi connectivity index (χ4n) is 2.67. The lowest BCUT2D eigenvalue weighted by atomic mass is 10.1. The van der Waals surface area contributed by atoms with Gasteiger partial charge in [0.1, 0.15) is 17.9 Å². The summed E-state index contributed by atoms with van der Waals surface area (Å²) in [7, 11) is 0. The van der Waals surface area contributed by atoms with E-state index in [9.17, 15) is 0 Å². The second-order valence-electron chi connectivity index (χ2n) is 5.95. The molecule has 1 aromatic carbocycles. The highest BCUT2D eigenvalue weighted by molar-refractivity contribution is 5.79. The Morgan fingerprint density at radius 3 is 2.77 bits per heavy atom. The van der Waals surface area contributed by atoms with Crippen LogP contribution in [0.4, 0.5) is 0 Å². The number of aromatic nitrogens is 3. The average Bonchev–Trinajstić information content (AvgIpc) is 3.09. The Bertz CT molecular complexity index is 710. The molecule has 0 amide bonds. The molecule has 142 valence electrons. The molecule has 1 aromatic heterocycles. The van der Waals surface area contributed by atoms with E-state index in [0.717, 1.165) is 54.7 Å². The Morgan fingerprint density at radius 2 is 2.08 bits per heavy atom. The van der Waals surface area contributed by atoms with Crippen molar-refractivity contribution in [3.8, 4) is 5.75 Å². The van der Waals surface area contributed by atoms with Gasteiger partial charge in [-0.2, -0.15) is 0 Å². The molecular formula is C19H30N6O. The van der Waals surface area contributed by atoms with Crippen molar-refractivity contribution >= 4 is 5.96 Å². The van der Waals surface area contributed by atoms with Crippen LogP contribution >= 0.6 is 0 Å². The van der Waals surface area contributed by atoms with E-state index < -0.39 is 0 Å². The maximum atomic E-state index is 5.59. The highest BCUT2D eigenvalue weighted by Gasteiger charge is 2.03. The van der Waals surface area contributed by atoms with Gasteiger partial charge in [-0.05, 0) is 38.0 Å². The molecule has 0 unspecified atom stereocenters. The molecule has 2 N–H and O–H groups in total. The smallest absolute Gasteiger partial charge is 0.191 e. The largest absolute Gasteiger partial charge is 0.494 e. The van der Waals surface area contributed by atoms with Crippen LogP contribution in [0.5, 0.6) is 5.75 Å². The second-order valence-corrected chi connectivity index (χ2v) is 5.95. The van der Waals surface area contributed by atoms with E-state index in [2.05, 4.69) is 63.3 Å². The topological polar surface area (TPSA) is 76.4 Å². The SMILES string of the molecule is CCNC(=NCc1ccc(OCC)c(C)c1)NCCn1cnnc1CC. The molecule has 0 aliphatic heterocycles. The van der Waals surface area contributed by atoms with Crippen LogP contribution in [-0.2, 0) is 19.5 Å². The monoisotopic (exact) mass is 358 g/mol. The summed E-state index contributed by atoms with van der Waals surface area (Å²) in [5.74, 6) is 2.75. The van der Waals surface area contributed by atoms with Crippen LogP contribution in [0.25, 0.3) is 0 Å². The zero-order valence-electron chi connectivity index (χ0n) is 16.2. The van der Waals surface area contributed by atoms with Gasteiger partial charge in [-0.25, -0.2) is 4.99 Å². The first-order valence-corrected chi connectivity index (χ1v) is 9.29. The molecule has 1 heterocycles. The third-order valence-corrected chi connectivity index (χ3v) is 3.96. The van der Waals surface area contributed by atoms with Crippen LogP contribution in [0.3, 0.4) is 0 Å². The summed E-state index contributed by atoms with van der Waals surface area (Å²) in [6.45, 7) is 11.9. The lowest BCUT2D eigenvalue weighted by Gasteiger charge is -2.13. The molecule has 26 heavy (non-hydrogen) atoms. The summed E-state index contributed by atoms with van der Waals surface area (Å²) in [6.07, 6.45) is 2.65. The quantitative estimate of drug-likeness (QED) is 0.531. The van der Waals surface area contributed by atoms with Crippen LogP contribution in [0.15, 0.2) is 29.5 Å². The Kier molecular flexibility index (Phi) is 7.92. The fourth-order valence-corrected chi connectivity index (χ4v) is 2.67. The predicted molar refractivity (Wildman–Crippen MR) is 105 cm³/mol. The summed E-state index contributed by atoms with van der Waals surface area (Å²) in [5, 5.41) is 14.7. The molecule has 7 heteroatoms. The van der Waals surface area contributed by atoms with Crippen molar-refractivity contribution in [3.63, 3.8) is 0 Å². The van der Waals surface area contributed by atoms with Crippen molar-refractivity contribution in [1.29, 1.82) is 0 Å². The van der Waals surface area contributed by atoms with Crippen molar-refractivity contribution in [1.82, 2.24) is 25.4 Å². The van der Waals surface area contributed by atoms with E-state index >= 15 is 0 Å². The minimum Gasteiger partial charge on any atom is -0.494 e. The molecule has 0 aliphatic rings. The number of benzene rings is 1. The first-order valence-electron chi connectivity index (χ1n) is 9.29. The Morgan fingerprint density at radius 1 is 1.23 bits per heavy atom. The van der Waals surface area contributed by atoms with Gasteiger partial charge in [0, 0.05) is 26.1 Å². The number of hydrogen-bond donors (Lipinski definition) is 2. The number of guanidine groups is 1. The van der Waals surface area contributed by atoms with E-state index in [0.29, 0.717) is 13.2 Å². The molecule has 2 aromatic rings. The van der Waals surface area contributed by atoms with Gasteiger partial charge in [0.05, 0.1) is 13.2 Å². The number of nitrogens with one attached hydrogen (secondary N) is 2. The zero-order valence-corrected chi connectivity index (χ0v) is 16.2. The van der Waals surface area contributed by atoms with Crippen LogP contribution in [0, 0.1) is 6.92 Å². The van der Waals surface area contributed by atoms with Crippen molar-refractivity contribution in [2.75, 3.05) is 19.7 Å². The Labute approximate surface area is 155 Å². The first kappa shape index (κ1) is 19.8. The van der Waals surface area contributed by atoms with E-state index in [4.69, 9.17) is 4.74 Å². The normalized spacial score (nSPS) is 11.5. The summed E-state index contributed by atoms with van der Waals surface area (Å²) in [4.78, 5) is 4.67. The maximum absolute atomic E-state index is 5.59. The lowest BCUT2D eigenvalue weighted by Crippen LogP contribution is -2.38. The van der Waals surface area contributed by atoms with Gasteiger partial charge >= 0.3 is 0 Å². The first-order chi connectivity index (χ1) is 12.7. The highest BCUT2D eigenvalue weighted by Crippen LogP contribution is 2.19. The van der Waals surface area contributed by atoms with E-state index in [1.54, 1.807) is 6.33 Å². The number of nitrogens with zero attached hydrogens (tertiary/aromatic N) is 4. The molecule has 0 radical (unpaired) electrons. The summed E-state index contributed by atoms with van der Waals surface area (Å²) in [6, 6.07) is 6.21. The van der Waals surface area contributed by atoms with Crippen LogP contribution < -0.4 is 15.4 Å². The standard InChI is InChI=1S/C19H30N6O/c1-5-18-24-23-14-25(18)11-10-21-19(20-6-2)22-13-16-8-9-17(26-7-3)15(4)12-16/h8-9,12,14H,5-7,10-11,13H2,1-4H3,(H2,20,21,22). The molecular weight excluding hydrogens is 328 g/mol. The molecule has 2 rings (SSSR count). The van der Waals surface area contributed by atoms with E-state index in [-0.39, 0.29) is 0 Å². The van der Waals surface area contributed by atoms with Crippen LogP contribution in [-0.4, -0.2) is 40.4 Å². The van der Waals surface area contributed by atoms with Gasteiger partial charge in [-0.3, -0.25) is 0 Å². The number of aliphatic imine (C=N–C) groups is 1. The van der Waals surface area contributed by atoms with Crippen molar-refractivity contribution in [2.24, 2.45) is 4.99 Å². The number of aryl methyl sites for hydroxylation is 2. The number of hydrogen-bond acceptors (Lipinski definition) is 4. The van der Waals surface area contributed by atoms with Crippen molar-refractivity contribution < 1.29 is 4.74 Å². The summed E-state index contributed by atoms with van der Waals surface area (Å²) >= 11 is 0. The molecule has 0 aliphatic carbocycles. The van der Waals surface area contributed by atoms with Gasteiger partial charge in [-0.15, -0.1) is 10.2 Å². The maximum Gasteiger partial charge on any atom is 0.191 e. The van der Waals surface area contributed by atoms with Gasteiger partial charge in [0.25, 0.3) is 0 Å². The minimum absolute atomic E-state index is 0.620. The highest BCUT2D eigenvalue weighted by atomic mass is 16.5. The zero-order chi connectivity index (χ0) is 18.8. The van der Waals surface area contributed by atoms with E-state index in [1.165, 1.54) is 0 Å². The Balaban J connectivity index is 1.92. The van der Waals surface area contributed by atoms with Gasteiger partial charge in [0.15, 0.2) is 5.96 Å². The molecule has 0 atom stereocenters. The minimum atomic E-state index is 0.620. The van der Waals surface area contributed by atoms with Gasteiger partial charge in [0.2, 0.25) is 0 Å². The summed E-state index contributed by atoms with van der Waals surface area (Å²) < 4.78 is 7.65.